The van der Waals surface area contributed by atoms with Crippen LogP contribution in [0.3, 0.4) is 0 Å². The number of amides is 1. The highest BCUT2D eigenvalue weighted by Gasteiger charge is 2.25. The number of aromatic nitrogens is 1. The van der Waals surface area contributed by atoms with Gasteiger partial charge in [0, 0.05) is 43.7 Å². The first-order valence-electron chi connectivity index (χ1n) is 8.57. The molecule has 1 amide bonds. The number of carbonyl (C=O) groups excluding carboxylic acids is 1. The smallest absolute Gasteiger partial charge is 0.276 e. The van der Waals surface area contributed by atoms with Crippen LogP contribution in [0.5, 0.6) is 0 Å². The molecular weight excluding hydrogens is 433 g/mol. The minimum absolute atomic E-state index is 0.181. The fourth-order valence-corrected chi connectivity index (χ4v) is 4.62. The van der Waals surface area contributed by atoms with Gasteiger partial charge in [0.25, 0.3) is 5.91 Å². The molecule has 1 fully saturated rings. The SMILES string of the molecule is O=C(c1cc(-c2ccccc2F)on1)N1CCN(Cc2ccc(Br)s2)CC1. The number of thiophene rings is 1. The summed E-state index contributed by atoms with van der Waals surface area (Å²) in [5.41, 5.74) is 0.514. The Bertz CT molecular complexity index is 950. The standard InChI is InChI=1S/C19H17BrFN3O2S/c20-18-6-5-13(27-18)12-23-7-9-24(10-8-23)19(25)16-11-17(26-22-16)14-3-1-2-4-15(14)21/h1-6,11H,7-10,12H2. The van der Waals surface area contributed by atoms with E-state index in [2.05, 4.69) is 38.1 Å². The lowest BCUT2D eigenvalue weighted by molar-refractivity contribution is 0.0619. The Labute approximate surface area is 168 Å². The first-order valence-corrected chi connectivity index (χ1v) is 10.2. The van der Waals surface area contributed by atoms with Gasteiger partial charge in [-0.15, -0.1) is 11.3 Å². The van der Waals surface area contributed by atoms with E-state index in [4.69, 9.17) is 4.52 Å². The highest BCUT2D eigenvalue weighted by Crippen LogP contribution is 2.25. The van der Waals surface area contributed by atoms with Crippen molar-refractivity contribution in [2.75, 3.05) is 26.2 Å². The molecule has 4 rings (SSSR count). The van der Waals surface area contributed by atoms with E-state index in [1.54, 1.807) is 34.4 Å². The molecule has 3 heterocycles. The highest BCUT2D eigenvalue weighted by atomic mass is 79.9. The molecule has 0 aliphatic carbocycles. The van der Waals surface area contributed by atoms with E-state index in [0.717, 1.165) is 23.4 Å². The van der Waals surface area contributed by atoms with Gasteiger partial charge < -0.3 is 9.42 Å². The van der Waals surface area contributed by atoms with Gasteiger partial charge in [-0.25, -0.2) is 4.39 Å². The summed E-state index contributed by atoms with van der Waals surface area (Å²) < 4.78 is 20.2. The summed E-state index contributed by atoms with van der Waals surface area (Å²) in [7, 11) is 0. The first-order chi connectivity index (χ1) is 13.1. The third-order valence-electron chi connectivity index (χ3n) is 4.54. The average Bonchev–Trinajstić information content (AvgIpc) is 3.31. The zero-order chi connectivity index (χ0) is 18.8. The molecule has 1 aliphatic rings. The van der Waals surface area contributed by atoms with E-state index >= 15 is 0 Å². The van der Waals surface area contributed by atoms with E-state index < -0.39 is 5.82 Å². The predicted octanol–water partition coefficient (Wildman–Crippen LogP) is 4.26. The average molecular weight is 450 g/mol. The van der Waals surface area contributed by atoms with Crippen molar-refractivity contribution < 1.29 is 13.7 Å². The maximum Gasteiger partial charge on any atom is 0.276 e. The lowest BCUT2D eigenvalue weighted by Crippen LogP contribution is -2.48. The van der Waals surface area contributed by atoms with E-state index in [9.17, 15) is 9.18 Å². The Hall–Kier alpha value is -2.03. The molecule has 0 bridgehead atoms. The number of piperazine rings is 1. The number of halogens is 2. The summed E-state index contributed by atoms with van der Waals surface area (Å²) in [6.07, 6.45) is 0. The first kappa shape index (κ1) is 18.3. The molecule has 0 spiro atoms. The fourth-order valence-electron chi connectivity index (χ4n) is 3.09. The fraction of sp³-hybridized carbons (Fsp3) is 0.263. The Kier molecular flexibility index (Phi) is 5.38. The van der Waals surface area contributed by atoms with Crippen molar-refractivity contribution in [3.8, 4) is 11.3 Å². The summed E-state index contributed by atoms with van der Waals surface area (Å²) >= 11 is 5.21. The van der Waals surface area contributed by atoms with Crippen molar-refractivity contribution in [3.63, 3.8) is 0 Å². The van der Waals surface area contributed by atoms with Crippen LogP contribution in [0.1, 0.15) is 15.4 Å². The van der Waals surface area contributed by atoms with Gasteiger partial charge in [0.1, 0.15) is 5.82 Å². The van der Waals surface area contributed by atoms with Crippen LogP contribution in [0.15, 0.2) is 50.8 Å². The lowest BCUT2D eigenvalue weighted by Gasteiger charge is -2.34. The van der Waals surface area contributed by atoms with E-state index in [0.29, 0.717) is 18.7 Å². The van der Waals surface area contributed by atoms with Gasteiger partial charge in [0.15, 0.2) is 11.5 Å². The van der Waals surface area contributed by atoms with Gasteiger partial charge in [-0.3, -0.25) is 9.69 Å². The summed E-state index contributed by atoms with van der Waals surface area (Å²) in [6, 6.07) is 12.0. The normalized spacial score (nSPS) is 15.3. The van der Waals surface area contributed by atoms with Crippen LogP contribution in [0.2, 0.25) is 0 Å². The van der Waals surface area contributed by atoms with E-state index in [1.165, 1.54) is 17.0 Å². The number of carbonyl (C=O) groups is 1. The Morgan fingerprint density at radius 2 is 1.96 bits per heavy atom. The maximum atomic E-state index is 13.9. The summed E-state index contributed by atoms with van der Waals surface area (Å²) in [6.45, 7) is 3.76. The zero-order valence-electron chi connectivity index (χ0n) is 14.4. The van der Waals surface area contributed by atoms with Gasteiger partial charge in [0.2, 0.25) is 0 Å². The Morgan fingerprint density at radius 1 is 1.19 bits per heavy atom. The van der Waals surface area contributed by atoms with Crippen LogP contribution in [0, 0.1) is 5.82 Å². The van der Waals surface area contributed by atoms with Gasteiger partial charge >= 0.3 is 0 Å². The minimum atomic E-state index is -0.401. The van der Waals surface area contributed by atoms with Crippen LogP contribution in [0.4, 0.5) is 4.39 Å². The van der Waals surface area contributed by atoms with Crippen LogP contribution in [-0.4, -0.2) is 47.0 Å². The predicted molar refractivity (Wildman–Crippen MR) is 105 cm³/mol. The van der Waals surface area contributed by atoms with Crippen molar-refractivity contribution in [2.24, 2.45) is 0 Å². The maximum absolute atomic E-state index is 13.9. The van der Waals surface area contributed by atoms with Gasteiger partial charge in [-0.1, -0.05) is 17.3 Å². The van der Waals surface area contributed by atoms with Crippen molar-refractivity contribution in [2.45, 2.75) is 6.54 Å². The quantitative estimate of drug-likeness (QED) is 0.596. The van der Waals surface area contributed by atoms with Crippen LogP contribution in [0.25, 0.3) is 11.3 Å². The summed E-state index contributed by atoms with van der Waals surface area (Å²) in [5, 5.41) is 3.85. The molecule has 27 heavy (non-hydrogen) atoms. The van der Waals surface area contributed by atoms with Crippen molar-refractivity contribution in [1.29, 1.82) is 0 Å². The molecule has 0 N–H and O–H groups in total. The Balaban J connectivity index is 1.38. The second-order valence-electron chi connectivity index (χ2n) is 6.33. The summed E-state index contributed by atoms with van der Waals surface area (Å²) in [5.74, 6) is -0.320. The molecule has 2 aromatic heterocycles. The second kappa shape index (κ2) is 7.92. The van der Waals surface area contributed by atoms with Crippen molar-refractivity contribution >= 4 is 33.2 Å². The van der Waals surface area contributed by atoms with Crippen molar-refractivity contribution in [3.05, 3.63) is 62.6 Å². The van der Waals surface area contributed by atoms with Crippen molar-refractivity contribution in [1.82, 2.24) is 15.0 Å². The second-order valence-corrected chi connectivity index (χ2v) is 8.88. The Morgan fingerprint density at radius 3 is 2.67 bits per heavy atom. The van der Waals surface area contributed by atoms with Gasteiger partial charge in [-0.2, -0.15) is 0 Å². The molecule has 5 nitrogen and oxygen atoms in total. The third-order valence-corrected chi connectivity index (χ3v) is 6.14. The molecule has 0 atom stereocenters. The molecule has 1 aliphatic heterocycles. The molecule has 0 saturated carbocycles. The number of benzene rings is 1. The minimum Gasteiger partial charge on any atom is -0.355 e. The molecule has 0 unspecified atom stereocenters. The number of rotatable bonds is 4. The number of nitrogens with zero attached hydrogens (tertiary/aromatic N) is 3. The van der Waals surface area contributed by atoms with E-state index in [-0.39, 0.29) is 17.4 Å². The van der Waals surface area contributed by atoms with Crippen LogP contribution in [-0.2, 0) is 6.54 Å². The van der Waals surface area contributed by atoms with Crippen LogP contribution >= 0.6 is 27.3 Å². The van der Waals surface area contributed by atoms with E-state index in [1.807, 2.05) is 0 Å². The zero-order valence-corrected chi connectivity index (χ0v) is 16.8. The highest BCUT2D eigenvalue weighted by molar-refractivity contribution is 9.11. The topological polar surface area (TPSA) is 49.6 Å². The molecule has 8 heteroatoms. The molecule has 1 saturated heterocycles. The molecule has 1 aromatic carbocycles. The largest absolute Gasteiger partial charge is 0.355 e. The lowest BCUT2D eigenvalue weighted by atomic mass is 10.1. The molecule has 3 aromatic rings. The third kappa shape index (κ3) is 4.12. The molecule has 0 radical (unpaired) electrons. The number of hydrogen-bond donors (Lipinski definition) is 0. The molecular formula is C19H17BrFN3O2S. The number of hydrogen-bond acceptors (Lipinski definition) is 5. The molecule has 140 valence electrons. The van der Waals surface area contributed by atoms with Crippen LogP contribution < -0.4 is 0 Å². The van der Waals surface area contributed by atoms with Gasteiger partial charge in [0.05, 0.1) is 9.35 Å². The van der Waals surface area contributed by atoms with Gasteiger partial charge in [-0.05, 0) is 40.2 Å². The monoisotopic (exact) mass is 449 g/mol. The summed E-state index contributed by atoms with van der Waals surface area (Å²) in [4.78, 5) is 18.1.